The number of anilines is 1. The molecule has 0 bridgehead atoms. The van der Waals surface area contributed by atoms with E-state index in [9.17, 15) is 18.0 Å². The molecule has 7 heteroatoms. The van der Waals surface area contributed by atoms with Crippen LogP contribution in [0.2, 0.25) is 5.02 Å². The smallest absolute Gasteiger partial charge is 0.375 e. The molecule has 104 valence electrons. The van der Waals surface area contributed by atoms with Gasteiger partial charge in [-0.3, -0.25) is 4.79 Å². The Bertz CT molecular complexity index is 486. The van der Waals surface area contributed by atoms with Gasteiger partial charge in [0.05, 0.1) is 22.8 Å². The summed E-state index contributed by atoms with van der Waals surface area (Å²) < 4.78 is 37.6. The summed E-state index contributed by atoms with van der Waals surface area (Å²) in [6, 6.07) is 3.17. The van der Waals surface area contributed by atoms with Crippen molar-refractivity contribution in [2.24, 2.45) is 0 Å². The van der Waals surface area contributed by atoms with Crippen LogP contribution in [0.1, 0.15) is 18.4 Å². The highest BCUT2D eigenvalue weighted by Gasteiger charge is 2.31. The molecule has 19 heavy (non-hydrogen) atoms. The first-order chi connectivity index (χ1) is 8.86. The van der Waals surface area contributed by atoms with Crippen LogP contribution in [0, 0.1) is 0 Å². The van der Waals surface area contributed by atoms with Crippen LogP contribution < -0.4 is 10.6 Å². The van der Waals surface area contributed by atoms with Gasteiger partial charge in [-0.15, -0.1) is 0 Å². The molecule has 1 aromatic rings. The monoisotopic (exact) mass is 292 g/mol. The first-order valence-corrected chi connectivity index (χ1v) is 6.14. The van der Waals surface area contributed by atoms with Crippen LogP contribution >= 0.6 is 11.6 Å². The van der Waals surface area contributed by atoms with Crippen molar-refractivity contribution in [1.29, 1.82) is 0 Å². The Morgan fingerprint density at radius 3 is 2.63 bits per heavy atom. The second kappa shape index (κ2) is 5.28. The molecule has 0 spiro atoms. The Labute approximate surface area is 113 Å². The number of rotatable bonds is 4. The van der Waals surface area contributed by atoms with Crippen molar-refractivity contribution in [3.8, 4) is 0 Å². The third kappa shape index (κ3) is 4.02. The minimum atomic E-state index is -4.43. The summed E-state index contributed by atoms with van der Waals surface area (Å²) >= 11 is 5.79. The van der Waals surface area contributed by atoms with Gasteiger partial charge in [0, 0.05) is 6.04 Å². The predicted octanol–water partition coefficient (Wildman–Crippen LogP) is 3.05. The van der Waals surface area contributed by atoms with E-state index in [1.807, 2.05) is 0 Å². The molecule has 0 aliphatic heterocycles. The van der Waals surface area contributed by atoms with Crippen LogP contribution in [-0.4, -0.2) is 18.5 Å². The van der Waals surface area contributed by atoms with E-state index in [1.54, 1.807) is 0 Å². The molecule has 0 unspecified atom stereocenters. The quantitative estimate of drug-likeness (QED) is 0.895. The number of hydrogen-bond acceptors (Lipinski definition) is 2. The van der Waals surface area contributed by atoms with Crippen LogP contribution in [0.4, 0.5) is 18.9 Å². The van der Waals surface area contributed by atoms with Crippen molar-refractivity contribution in [2.45, 2.75) is 25.1 Å². The fraction of sp³-hybridized carbons (Fsp3) is 0.417. The molecule has 0 saturated heterocycles. The summed E-state index contributed by atoms with van der Waals surface area (Å²) in [6.07, 6.45) is -2.52. The molecule has 1 aromatic carbocycles. The second-order valence-corrected chi connectivity index (χ2v) is 4.79. The third-order valence-electron chi connectivity index (χ3n) is 2.68. The Hall–Kier alpha value is -1.43. The minimum Gasteiger partial charge on any atom is -0.375 e. The zero-order valence-corrected chi connectivity index (χ0v) is 10.6. The molecule has 1 amide bonds. The van der Waals surface area contributed by atoms with E-state index in [2.05, 4.69) is 10.6 Å². The topological polar surface area (TPSA) is 41.1 Å². The van der Waals surface area contributed by atoms with E-state index >= 15 is 0 Å². The summed E-state index contributed by atoms with van der Waals surface area (Å²) in [4.78, 5) is 11.4. The summed E-state index contributed by atoms with van der Waals surface area (Å²) in [5.41, 5.74) is -0.704. The van der Waals surface area contributed by atoms with E-state index in [0.29, 0.717) is 0 Å². The zero-order valence-electron chi connectivity index (χ0n) is 9.85. The van der Waals surface area contributed by atoms with Gasteiger partial charge in [-0.2, -0.15) is 13.2 Å². The predicted molar refractivity (Wildman–Crippen MR) is 66.1 cm³/mol. The molecule has 0 aromatic heterocycles. The maximum absolute atomic E-state index is 12.5. The summed E-state index contributed by atoms with van der Waals surface area (Å²) in [7, 11) is 0. The van der Waals surface area contributed by atoms with E-state index in [-0.39, 0.29) is 29.2 Å². The Kier molecular flexibility index (Phi) is 3.89. The van der Waals surface area contributed by atoms with Crippen molar-refractivity contribution in [1.82, 2.24) is 5.32 Å². The molecule has 1 fully saturated rings. The molecule has 3 nitrogen and oxygen atoms in total. The summed E-state index contributed by atoms with van der Waals surface area (Å²) in [5.74, 6) is -0.254. The number of nitrogens with one attached hydrogen (secondary N) is 2. The lowest BCUT2D eigenvalue weighted by molar-refractivity contribution is -0.137. The maximum atomic E-state index is 12.5. The third-order valence-corrected chi connectivity index (χ3v) is 3.01. The molecule has 2 N–H and O–H groups in total. The number of hydrogen-bond donors (Lipinski definition) is 2. The number of carbonyl (C=O) groups is 1. The van der Waals surface area contributed by atoms with Crippen molar-refractivity contribution < 1.29 is 18.0 Å². The number of halogens is 4. The minimum absolute atomic E-state index is 0.0995. The summed E-state index contributed by atoms with van der Waals surface area (Å²) in [6.45, 7) is -0.0997. The van der Waals surface area contributed by atoms with Gasteiger partial charge in [0.25, 0.3) is 0 Å². The highest BCUT2D eigenvalue weighted by atomic mass is 35.5. The lowest BCUT2D eigenvalue weighted by atomic mass is 10.2. The van der Waals surface area contributed by atoms with Crippen LogP contribution in [0.25, 0.3) is 0 Å². The Morgan fingerprint density at radius 1 is 1.37 bits per heavy atom. The lowest BCUT2D eigenvalue weighted by Crippen LogP contribution is -2.31. The number of amides is 1. The second-order valence-electron chi connectivity index (χ2n) is 4.39. The average molecular weight is 293 g/mol. The molecular weight excluding hydrogens is 281 g/mol. The van der Waals surface area contributed by atoms with Crippen LogP contribution in [0.15, 0.2) is 18.2 Å². The number of benzene rings is 1. The van der Waals surface area contributed by atoms with Gasteiger partial charge in [-0.05, 0) is 31.0 Å². The van der Waals surface area contributed by atoms with E-state index < -0.39 is 11.7 Å². The van der Waals surface area contributed by atoms with Gasteiger partial charge in [-0.25, -0.2) is 0 Å². The van der Waals surface area contributed by atoms with Gasteiger partial charge in [0.2, 0.25) is 5.91 Å². The summed E-state index contributed by atoms with van der Waals surface area (Å²) in [5, 5.41) is 5.48. The van der Waals surface area contributed by atoms with Gasteiger partial charge >= 0.3 is 6.18 Å². The van der Waals surface area contributed by atoms with Gasteiger partial charge in [-0.1, -0.05) is 11.6 Å². The Balaban J connectivity index is 2.00. The highest BCUT2D eigenvalue weighted by molar-refractivity contribution is 6.33. The molecule has 0 heterocycles. The molecule has 0 radical (unpaired) electrons. The largest absolute Gasteiger partial charge is 0.416 e. The van der Waals surface area contributed by atoms with Crippen LogP contribution in [0.3, 0.4) is 0 Å². The van der Waals surface area contributed by atoms with Gasteiger partial charge in [0.1, 0.15) is 0 Å². The number of alkyl halides is 3. The fourth-order valence-electron chi connectivity index (χ4n) is 1.52. The molecule has 2 rings (SSSR count). The van der Waals surface area contributed by atoms with E-state index in [0.717, 1.165) is 31.0 Å². The van der Waals surface area contributed by atoms with Crippen LogP contribution in [0.5, 0.6) is 0 Å². The maximum Gasteiger partial charge on any atom is 0.416 e. The van der Waals surface area contributed by atoms with Gasteiger partial charge in [0.15, 0.2) is 0 Å². The molecule has 1 aliphatic carbocycles. The number of carbonyl (C=O) groups excluding carboxylic acids is 1. The van der Waals surface area contributed by atoms with Gasteiger partial charge < -0.3 is 10.6 Å². The van der Waals surface area contributed by atoms with Crippen molar-refractivity contribution in [2.75, 3.05) is 11.9 Å². The van der Waals surface area contributed by atoms with Crippen molar-refractivity contribution >= 4 is 23.2 Å². The molecule has 0 atom stereocenters. The van der Waals surface area contributed by atoms with Crippen LogP contribution in [-0.2, 0) is 11.0 Å². The molecule has 1 aliphatic rings. The SMILES string of the molecule is O=C(CNc1cc(C(F)(F)F)ccc1Cl)NC1CC1. The first-order valence-electron chi connectivity index (χ1n) is 5.76. The lowest BCUT2D eigenvalue weighted by Gasteiger charge is -2.12. The fourth-order valence-corrected chi connectivity index (χ4v) is 1.70. The van der Waals surface area contributed by atoms with Crippen molar-refractivity contribution in [3.05, 3.63) is 28.8 Å². The van der Waals surface area contributed by atoms with E-state index in [1.165, 1.54) is 0 Å². The normalized spacial score (nSPS) is 15.2. The highest BCUT2D eigenvalue weighted by Crippen LogP contribution is 2.33. The van der Waals surface area contributed by atoms with Crippen molar-refractivity contribution in [3.63, 3.8) is 0 Å². The first kappa shape index (κ1) is 14.0. The van der Waals surface area contributed by atoms with E-state index in [4.69, 9.17) is 11.6 Å². The Morgan fingerprint density at radius 2 is 2.05 bits per heavy atom. The molecule has 1 saturated carbocycles. The molecular formula is C12H12ClF3N2O. The average Bonchev–Trinajstić information content (AvgIpc) is 3.10. The zero-order chi connectivity index (χ0) is 14.0. The standard InChI is InChI=1S/C12H12ClF3N2O/c13-9-4-1-7(12(14,15)16)5-10(9)17-6-11(19)18-8-2-3-8/h1,4-5,8,17H,2-3,6H2,(H,18,19).